The minimum atomic E-state index is -0.147. The van der Waals surface area contributed by atoms with Crippen LogP contribution in [-0.2, 0) is 19.5 Å². The fourth-order valence-electron chi connectivity index (χ4n) is 3.32. The van der Waals surface area contributed by atoms with Crippen molar-refractivity contribution in [2.75, 3.05) is 12.3 Å². The van der Waals surface area contributed by atoms with Gasteiger partial charge in [-0.25, -0.2) is 4.98 Å². The fourth-order valence-corrected chi connectivity index (χ4v) is 3.32. The SMILES string of the molecule is Nc1ccc(-c2nc3c(c(=O)[nH]2)CN(Cc2ccc(O)cc2O)CC3)cc1. The number of aromatic amines is 1. The van der Waals surface area contributed by atoms with Crippen molar-refractivity contribution in [3.8, 4) is 22.9 Å². The summed E-state index contributed by atoms with van der Waals surface area (Å²) in [5, 5.41) is 19.4. The molecule has 0 saturated carbocycles. The molecule has 27 heavy (non-hydrogen) atoms. The third kappa shape index (κ3) is 3.50. The van der Waals surface area contributed by atoms with Crippen molar-refractivity contribution in [2.45, 2.75) is 19.5 Å². The number of hydrogen-bond acceptors (Lipinski definition) is 6. The number of phenolic OH excluding ortho intramolecular Hbond substituents is 2. The normalized spacial score (nSPS) is 14.1. The van der Waals surface area contributed by atoms with Crippen LogP contribution in [0.5, 0.6) is 11.5 Å². The molecule has 0 spiro atoms. The molecule has 7 nitrogen and oxygen atoms in total. The van der Waals surface area contributed by atoms with Crippen LogP contribution in [0.25, 0.3) is 11.4 Å². The van der Waals surface area contributed by atoms with Crippen LogP contribution < -0.4 is 11.3 Å². The van der Waals surface area contributed by atoms with Crippen molar-refractivity contribution in [1.82, 2.24) is 14.9 Å². The van der Waals surface area contributed by atoms with Crippen LogP contribution in [0.4, 0.5) is 5.69 Å². The molecule has 1 aliphatic heterocycles. The first kappa shape index (κ1) is 17.1. The zero-order valence-electron chi connectivity index (χ0n) is 14.6. The molecule has 0 unspecified atom stereocenters. The van der Waals surface area contributed by atoms with E-state index in [0.29, 0.717) is 42.1 Å². The molecule has 2 aromatic carbocycles. The van der Waals surface area contributed by atoms with Gasteiger partial charge in [0.05, 0.1) is 11.3 Å². The molecule has 0 bridgehead atoms. The van der Waals surface area contributed by atoms with Crippen molar-refractivity contribution in [3.05, 3.63) is 69.6 Å². The number of benzene rings is 2. The minimum absolute atomic E-state index is 0.0241. The van der Waals surface area contributed by atoms with Gasteiger partial charge in [-0.15, -0.1) is 0 Å². The largest absolute Gasteiger partial charge is 0.508 e. The highest BCUT2D eigenvalue weighted by Crippen LogP contribution is 2.26. The average Bonchev–Trinajstić information content (AvgIpc) is 2.65. The second-order valence-corrected chi connectivity index (χ2v) is 6.74. The lowest BCUT2D eigenvalue weighted by Crippen LogP contribution is -2.35. The molecule has 4 rings (SSSR count). The molecule has 7 heteroatoms. The summed E-state index contributed by atoms with van der Waals surface area (Å²) in [6.45, 7) is 1.68. The topological polar surface area (TPSA) is 115 Å². The zero-order chi connectivity index (χ0) is 19.0. The first-order valence-electron chi connectivity index (χ1n) is 8.71. The van der Waals surface area contributed by atoms with E-state index >= 15 is 0 Å². The summed E-state index contributed by atoms with van der Waals surface area (Å²) in [6.07, 6.45) is 0.653. The van der Waals surface area contributed by atoms with Gasteiger partial charge in [0.2, 0.25) is 0 Å². The molecular formula is C20H20N4O3. The molecule has 0 atom stereocenters. The molecule has 0 fully saturated rings. The predicted molar refractivity (Wildman–Crippen MR) is 102 cm³/mol. The second kappa shape index (κ2) is 6.77. The first-order chi connectivity index (χ1) is 13.0. The maximum absolute atomic E-state index is 12.6. The Bertz CT molecular complexity index is 1040. The van der Waals surface area contributed by atoms with Gasteiger partial charge in [-0.05, 0) is 30.3 Å². The average molecular weight is 364 g/mol. The third-order valence-corrected chi connectivity index (χ3v) is 4.79. The van der Waals surface area contributed by atoms with Gasteiger partial charge in [-0.1, -0.05) is 6.07 Å². The number of rotatable bonds is 3. The number of aromatic hydroxyl groups is 2. The molecule has 0 aliphatic carbocycles. The Kier molecular flexibility index (Phi) is 4.29. The van der Waals surface area contributed by atoms with E-state index in [4.69, 9.17) is 5.73 Å². The fraction of sp³-hybridized carbons (Fsp3) is 0.200. The van der Waals surface area contributed by atoms with Gasteiger partial charge in [0, 0.05) is 48.9 Å². The first-order valence-corrected chi connectivity index (χ1v) is 8.71. The van der Waals surface area contributed by atoms with Crippen molar-refractivity contribution in [1.29, 1.82) is 0 Å². The molecule has 3 aromatic rings. The van der Waals surface area contributed by atoms with Crippen LogP contribution in [-0.4, -0.2) is 31.6 Å². The van der Waals surface area contributed by atoms with Gasteiger partial charge in [-0.3, -0.25) is 9.69 Å². The Morgan fingerprint density at radius 3 is 2.67 bits per heavy atom. The summed E-state index contributed by atoms with van der Waals surface area (Å²) in [7, 11) is 0. The van der Waals surface area contributed by atoms with Gasteiger partial charge in [0.15, 0.2) is 0 Å². The number of nitrogens with zero attached hydrogens (tertiary/aromatic N) is 2. The number of H-pyrrole nitrogens is 1. The van der Waals surface area contributed by atoms with Crippen molar-refractivity contribution >= 4 is 5.69 Å². The summed E-state index contributed by atoms with van der Waals surface area (Å²) >= 11 is 0. The van der Waals surface area contributed by atoms with Crippen molar-refractivity contribution in [2.24, 2.45) is 0 Å². The van der Waals surface area contributed by atoms with Crippen molar-refractivity contribution in [3.63, 3.8) is 0 Å². The maximum Gasteiger partial charge on any atom is 0.255 e. The molecule has 5 N–H and O–H groups in total. The molecule has 1 aliphatic rings. The van der Waals surface area contributed by atoms with E-state index < -0.39 is 0 Å². The van der Waals surface area contributed by atoms with Crippen LogP contribution in [0.2, 0.25) is 0 Å². The van der Waals surface area contributed by atoms with E-state index in [1.807, 2.05) is 12.1 Å². The van der Waals surface area contributed by atoms with Crippen molar-refractivity contribution < 1.29 is 10.2 Å². The highest BCUT2D eigenvalue weighted by molar-refractivity contribution is 5.58. The van der Waals surface area contributed by atoms with Crippen LogP contribution in [0, 0.1) is 0 Å². The zero-order valence-corrected chi connectivity index (χ0v) is 14.6. The number of aromatic nitrogens is 2. The van der Waals surface area contributed by atoms with Gasteiger partial charge >= 0.3 is 0 Å². The third-order valence-electron chi connectivity index (χ3n) is 4.79. The maximum atomic E-state index is 12.6. The van der Waals surface area contributed by atoms with E-state index in [-0.39, 0.29) is 17.1 Å². The van der Waals surface area contributed by atoms with E-state index in [2.05, 4.69) is 14.9 Å². The number of hydrogen-bond donors (Lipinski definition) is 4. The molecule has 0 amide bonds. The number of nitrogens with one attached hydrogen (secondary N) is 1. The molecule has 138 valence electrons. The van der Waals surface area contributed by atoms with E-state index in [1.54, 1.807) is 24.3 Å². The lowest BCUT2D eigenvalue weighted by molar-refractivity contribution is 0.238. The predicted octanol–water partition coefficient (Wildman–Crippen LogP) is 1.99. The number of anilines is 1. The second-order valence-electron chi connectivity index (χ2n) is 6.74. The molecule has 0 saturated heterocycles. The number of fused-ring (bicyclic) bond motifs is 1. The number of phenols is 2. The summed E-state index contributed by atoms with van der Waals surface area (Å²) in [6, 6.07) is 11.8. The molecule has 0 radical (unpaired) electrons. The standard InChI is InChI=1S/C20H20N4O3/c21-14-4-1-12(2-5-14)19-22-17-7-8-24(11-16(17)20(27)23-19)10-13-3-6-15(25)9-18(13)26/h1-6,9,25-26H,7-8,10-11,21H2,(H,22,23,27). The summed E-state index contributed by atoms with van der Waals surface area (Å²) in [4.78, 5) is 22.2. The van der Waals surface area contributed by atoms with E-state index in [0.717, 1.165) is 17.8 Å². The Morgan fingerprint density at radius 2 is 1.93 bits per heavy atom. The van der Waals surface area contributed by atoms with Gasteiger partial charge < -0.3 is 20.9 Å². The number of nitrogens with two attached hydrogens (primary N) is 1. The van der Waals surface area contributed by atoms with Gasteiger partial charge in [0.1, 0.15) is 17.3 Å². The Hall–Kier alpha value is -3.32. The quantitative estimate of drug-likeness (QED) is 0.528. The Balaban J connectivity index is 1.58. The Morgan fingerprint density at radius 1 is 1.15 bits per heavy atom. The Labute approximate surface area is 155 Å². The van der Waals surface area contributed by atoms with Crippen LogP contribution >= 0.6 is 0 Å². The van der Waals surface area contributed by atoms with Crippen LogP contribution in [0.15, 0.2) is 47.3 Å². The smallest absolute Gasteiger partial charge is 0.255 e. The summed E-state index contributed by atoms with van der Waals surface area (Å²) in [5.41, 5.74) is 9.21. The highest BCUT2D eigenvalue weighted by Gasteiger charge is 2.22. The van der Waals surface area contributed by atoms with Crippen LogP contribution in [0.3, 0.4) is 0 Å². The van der Waals surface area contributed by atoms with Gasteiger partial charge in [0.25, 0.3) is 5.56 Å². The van der Waals surface area contributed by atoms with E-state index in [1.165, 1.54) is 6.07 Å². The molecular weight excluding hydrogens is 344 g/mol. The highest BCUT2D eigenvalue weighted by atomic mass is 16.3. The minimum Gasteiger partial charge on any atom is -0.508 e. The number of nitrogen functional groups attached to an aromatic ring is 1. The summed E-state index contributed by atoms with van der Waals surface area (Å²) in [5.74, 6) is 0.617. The van der Waals surface area contributed by atoms with Crippen LogP contribution in [0.1, 0.15) is 16.8 Å². The lowest BCUT2D eigenvalue weighted by atomic mass is 10.0. The lowest BCUT2D eigenvalue weighted by Gasteiger charge is -2.28. The summed E-state index contributed by atoms with van der Waals surface area (Å²) < 4.78 is 0. The van der Waals surface area contributed by atoms with E-state index in [9.17, 15) is 15.0 Å². The molecule has 1 aromatic heterocycles. The van der Waals surface area contributed by atoms with Gasteiger partial charge in [-0.2, -0.15) is 0 Å². The molecule has 2 heterocycles. The monoisotopic (exact) mass is 364 g/mol.